The van der Waals surface area contributed by atoms with Gasteiger partial charge in [0.25, 0.3) is 5.91 Å². The van der Waals surface area contributed by atoms with Crippen LogP contribution in [0.2, 0.25) is 0 Å². The van der Waals surface area contributed by atoms with Crippen LogP contribution in [0.25, 0.3) is 0 Å². The molecule has 1 aromatic carbocycles. The van der Waals surface area contributed by atoms with Gasteiger partial charge < -0.3 is 10.2 Å². The first kappa shape index (κ1) is 19.9. The minimum Gasteiger partial charge on any atom is -0.350 e. The van der Waals surface area contributed by atoms with E-state index >= 15 is 0 Å². The molecular formula is C23H22N4O2. The Morgan fingerprint density at radius 3 is 2.38 bits per heavy atom. The van der Waals surface area contributed by atoms with E-state index in [0.29, 0.717) is 12.1 Å². The summed E-state index contributed by atoms with van der Waals surface area (Å²) in [7, 11) is 0. The van der Waals surface area contributed by atoms with Crippen LogP contribution in [0.5, 0.6) is 0 Å². The zero-order valence-corrected chi connectivity index (χ0v) is 15.9. The highest BCUT2D eigenvalue weighted by molar-refractivity contribution is 5.96. The first-order chi connectivity index (χ1) is 14.2. The number of hydrogen-bond donors (Lipinski definition) is 1. The molecule has 0 aliphatic carbocycles. The number of benzene rings is 1. The quantitative estimate of drug-likeness (QED) is 0.604. The second-order valence-corrected chi connectivity index (χ2v) is 6.35. The number of aromatic nitrogens is 2. The fourth-order valence-corrected chi connectivity index (χ4v) is 2.98. The number of nitrogens with zero attached hydrogens (tertiary/aromatic N) is 3. The fraction of sp³-hybridized carbons (Fsp3) is 0.130. The molecule has 29 heavy (non-hydrogen) atoms. The van der Waals surface area contributed by atoms with Gasteiger partial charge in [-0.1, -0.05) is 42.5 Å². The molecule has 6 nitrogen and oxygen atoms in total. The third-order valence-electron chi connectivity index (χ3n) is 4.36. The molecule has 0 aliphatic heterocycles. The number of nitrogens with one attached hydrogen (secondary N) is 1. The van der Waals surface area contributed by atoms with E-state index in [1.807, 2.05) is 30.3 Å². The average molecular weight is 386 g/mol. The number of amides is 2. The van der Waals surface area contributed by atoms with Crippen LogP contribution in [0.1, 0.15) is 27.7 Å². The van der Waals surface area contributed by atoms with Crippen LogP contribution in [-0.2, 0) is 11.3 Å². The molecule has 3 aromatic rings. The molecule has 2 aromatic heterocycles. The highest BCUT2D eigenvalue weighted by Crippen LogP contribution is 2.23. The van der Waals surface area contributed by atoms with Gasteiger partial charge in [0.2, 0.25) is 5.91 Å². The SMILES string of the molecule is C=CCN(C(=O)c1ccccn1)C(C(=O)NCc1ccccc1)c1ccncc1. The molecule has 146 valence electrons. The Bertz CT molecular complexity index is 946. The summed E-state index contributed by atoms with van der Waals surface area (Å²) in [6.07, 6.45) is 6.35. The van der Waals surface area contributed by atoms with Crippen molar-refractivity contribution in [3.05, 3.63) is 109 Å². The topological polar surface area (TPSA) is 75.2 Å². The molecule has 0 spiro atoms. The van der Waals surface area contributed by atoms with Crippen molar-refractivity contribution in [3.8, 4) is 0 Å². The van der Waals surface area contributed by atoms with E-state index in [4.69, 9.17) is 0 Å². The number of carbonyl (C=O) groups is 2. The van der Waals surface area contributed by atoms with E-state index < -0.39 is 6.04 Å². The van der Waals surface area contributed by atoms with Gasteiger partial charge >= 0.3 is 0 Å². The third kappa shape index (κ3) is 5.13. The minimum atomic E-state index is -0.839. The number of pyridine rings is 2. The second kappa shape index (κ2) is 9.94. The molecule has 0 radical (unpaired) electrons. The van der Waals surface area contributed by atoms with Crippen LogP contribution in [0.3, 0.4) is 0 Å². The van der Waals surface area contributed by atoms with E-state index in [9.17, 15) is 9.59 Å². The Balaban J connectivity index is 1.91. The van der Waals surface area contributed by atoms with Gasteiger partial charge in [0.15, 0.2) is 0 Å². The summed E-state index contributed by atoms with van der Waals surface area (Å²) in [5, 5.41) is 2.93. The van der Waals surface area contributed by atoms with Crippen molar-refractivity contribution in [3.63, 3.8) is 0 Å². The van der Waals surface area contributed by atoms with Gasteiger partial charge in [-0.3, -0.25) is 19.6 Å². The van der Waals surface area contributed by atoms with Gasteiger partial charge in [0.05, 0.1) is 0 Å². The predicted octanol–water partition coefficient (Wildman–Crippen LogP) is 3.16. The van der Waals surface area contributed by atoms with Gasteiger partial charge in [0.1, 0.15) is 11.7 Å². The summed E-state index contributed by atoms with van der Waals surface area (Å²) < 4.78 is 0. The molecule has 0 bridgehead atoms. The summed E-state index contributed by atoms with van der Waals surface area (Å²) in [6, 6.07) is 17.3. The summed E-state index contributed by atoms with van der Waals surface area (Å²) in [5.74, 6) is -0.631. The molecule has 6 heteroatoms. The van der Waals surface area contributed by atoms with Crippen molar-refractivity contribution in [2.24, 2.45) is 0 Å². The molecule has 0 fully saturated rings. The molecule has 1 unspecified atom stereocenters. The normalized spacial score (nSPS) is 11.3. The Hall–Kier alpha value is -3.80. The first-order valence-electron chi connectivity index (χ1n) is 9.25. The van der Waals surface area contributed by atoms with Crippen molar-refractivity contribution in [1.29, 1.82) is 0 Å². The monoisotopic (exact) mass is 386 g/mol. The van der Waals surface area contributed by atoms with Crippen LogP contribution in [-0.4, -0.2) is 33.2 Å². The standard InChI is InChI=1S/C23H22N4O2/c1-2-16-27(23(29)20-10-6-7-13-25-20)21(19-11-14-24-15-12-19)22(28)26-17-18-8-4-3-5-9-18/h2-15,21H,1,16-17H2,(H,26,28). The molecule has 2 heterocycles. The van der Waals surface area contributed by atoms with Crippen LogP contribution in [0.15, 0.2) is 91.9 Å². The lowest BCUT2D eigenvalue weighted by molar-refractivity contribution is -0.126. The summed E-state index contributed by atoms with van der Waals surface area (Å²) in [4.78, 5) is 36.0. The molecule has 1 atom stereocenters. The van der Waals surface area contributed by atoms with Gasteiger partial charge in [-0.05, 0) is 35.4 Å². The fourth-order valence-electron chi connectivity index (χ4n) is 2.98. The number of rotatable bonds is 8. The zero-order valence-electron chi connectivity index (χ0n) is 15.9. The summed E-state index contributed by atoms with van der Waals surface area (Å²) in [6.45, 7) is 4.30. The molecule has 0 saturated heterocycles. The molecule has 1 N–H and O–H groups in total. The van der Waals surface area contributed by atoms with Crippen molar-refractivity contribution in [2.75, 3.05) is 6.54 Å². The van der Waals surface area contributed by atoms with Crippen molar-refractivity contribution in [1.82, 2.24) is 20.2 Å². The Labute approximate surface area is 169 Å². The van der Waals surface area contributed by atoms with E-state index in [0.717, 1.165) is 5.56 Å². The predicted molar refractivity (Wildman–Crippen MR) is 111 cm³/mol. The molecule has 0 aliphatic rings. The van der Waals surface area contributed by atoms with Gasteiger partial charge in [0, 0.05) is 31.7 Å². The van der Waals surface area contributed by atoms with Crippen LogP contribution in [0, 0.1) is 0 Å². The maximum Gasteiger partial charge on any atom is 0.273 e. The van der Waals surface area contributed by atoms with Crippen molar-refractivity contribution in [2.45, 2.75) is 12.6 Å². The van der Waals surface area contributed by atoms with Crippen LogP contribution < -0.4 is 5.32 Å². The van der Waals surface area contributed by atoms with E-state index in [1.54, 1.807) is 55.0 Å². The zero-order chi connectivity index (χ0) is 20.5. The second-order valence-electron chi connectivity index (χ2n) is 6.35. The van der Waals surface area contributed by atoms with Crippen molar-refractivity contribution < 1.29 is 9.59 Å². The first-order valence-corrected chi connectivity index (χ1v) is 9.25. The van der Waals surface area contributed by atoms with E-state index in [2.05, 4.69) is 21.9 Å². The lowest BCUT2D eigenvalue weighted by Gasteiger charge is -2.30. The van der Waals surface area contributed by atoms with Crippen LogP contribution >= 0.6 is 0 Å². The Kier molecular flexibility index (Phi) is 6.84. The van der Waals surface area contributed by atoms with Gasteiger partial charge in [-0.25, -0.2) is 0 Å². The third-order valence-corrected chi connectivity index (χ3v) is 4.36. The van der Waals surface area contributed by atoms with Gasteiger partial charge in [-0.15, -0.1) is 6.58 Å². The maximum absolute atomic E-state index is 13.2. The largest absolute Gasteiger partial charge is 0.350 e. The minimum absolute atomic E-state index is 0.196. The van der Waals surface area contributed by atoms with Gasteiger partial charge in [-0.2, -0.15) is 0 Å². The average Bonchev–Trinajstić information content (AvgIpc) is 2.79. The molecule has 2 amide bonds. The lowest BCUT2D eigenvalue weighted by atomic mass is 10.0. The highest BCUT2D eigenvalue weighted by atomic mass is 16.2. The lowest BCUT2D eigenvalue weighted by Crippen LogP contribution is -2.44. The number of carbonyl (C=O) groups excluding carboxylic acids is 2. The Morgan fingerprint density at radius 1 is 1.00 bits per heavy atom. The highest BCUT2D eigenvalue weighted by Gasteiger charge is 2.31. The number of hydrogen-bond acceptors (Lipinski definition) is 4. The molecular weight excluding hydrogens is 364 g/mol. The Morgan fingerprint density at radius 2 is 1.72 bits per heavy atom. The summed E-state index contributed by atoms with van der Waals surface area (Å²) >= 11 is 0. The van der Waals surface area contributed by atoms with Crippen LogP contribution in [0.4, 0.5) is 0 Å². The smallest absolute Gasteiger partial charge is 0.273 e. The van der Waals surface area contributed by atoms with E-state index in [1.165, 1.54) is 4.90 Å². The molecule has 3 rings (SSSR count). The maximum atomic E-state index is 13.2. The molecule has 0 saturated carbocycles. The summed E-state index contributed by atoms with van der Waals surface area (Å²) in [5.41, 5.74) is 1.90. The van der Waals surface area contributed by atoms with Crippen molar-refractivity contribution >= 4 is 11.8 Å². The van der Waals surface area contributed by atoms with E-state index in [-0.39, 0.29) is 24.1 Å².